The summed E-state index contributed by atoms with van der Waals surface area (Å²) >= 11 is 6.53. The first kappa shape index (κ1) is 18.0. The Morgan fingerprint density at radius 3 is 2.46 bits per heavy atom. The molecule has 3 aromatic carbocycles. The van der Waals surface area contributed by atoms with Crippen LogP contribution in [0.25, 0.3) is 21.9 Å². The Morgan fingerprint density at radius 1 is 1.00 bits per heavy atom. The van der Waals surface area contributed by atoms with Gasteiger partial charge in [0.15, 0.2) is 0 Å². The van der Waals surface area contributed by atoms with E-state index in [1.165, 1.54) is 0 Å². The van der Waals surface area contributed by atoms with Crippen LogP contribution >= 0.6 is 11.6 Å². The number of amidine groups is 1. The molecule has 0 radical (unpaired) electrons. The minimum absolute atomic E-state index is 0.0717. The molecular formula is C22H21ClN2O. The fourth-order valence-corrected chi connectivity index (χ4v) is 2.98. The van der Waals surface area contributed by atoms with E-state index in [-0.39, 0.29) is 11.9 Å². The number of fused-ring (bicyclic) bond motifs is 1. The minimum atomic E-state index is 0.0717. The zero-order chi connectivity index (χ0) is 18.7. The van der Waals surface area contributed by atoms with Crippen LogP contribution in [0.5, 0.6) is 5.75 Å². The first-order valence-corrected chi connectivity index (χ1v) is 8.82. The number of hydrogen-bond acceptors (Lipinski definition) is 2. The molecule has 3 aromatic rings. The van der Waals surface area contributed by atoms with Crippen molar-refractivity contribution in [1.82, 2.24) is 0 Å². The third-order valence-electron chi connectivity index (χ3n) is 3.95. The number of nitrogen functional groups attached to an aromatic ring is 1. The topological polar surface area (TPSA) is 59.1 Å². The molecule has 0 amide bonds. The number of ether oxygens (including phenoxy) is 1. The molecule has 3 rings (SSSR count). The predicted octanol–water partition coefficient (Wildman–Crippen LogP) is 5.65. The summed E-state index contributed by atoms with van der Waals surface area (Å²) in [4.78, 5) is 0. The van der Waals surface area contributed by atoms with Crippen molar-refractivity contribution in [2.24, 2.45) is 5.73 Å². The third kappa shape index (κ3) is 4.24. The van der Waals surface area contributed by atoms with Gasteiger partial charge >= 0.3 is 0 Å². The summed E-state index contributed by atoms with van der Waals surface area (Å²) in [6.45, 7) is 3.99. The van der Waals surface area contributed by atoms with Gasteiger partial charge in [-0.15, -0.1) is 0 Å². The lowest BCUT2D eigenvalue weighted by atomic mass is 10.0. The maximum absolute atomic E-state index is 7.54. The fraction of sp³-hybridized carbons (Fsp3) is 0.136. The highest BCUT2D eigenvalue weighted by molar-refractivity contribution is 6.51. The second kappa shape index (κ2) is 7.63. The normalized spacial score (nSPS) is 11.8. The van der Waals surface area contributed by atoms with Crippen molar-refractivity contribution in [2.45, 2.75) is 20.0 Å². The predicted molar refractivity (Wildman–Crippen MR) is 111 cm³/mol. The lowest BCUT2D eigenvalue weighted by Crippen LogP contribution is -2.10. The van der Waals surface area contributed by atoms with Crippen molar-refractivity contribution in [3.8, 4) is 5.75 Å². The highest BCUT2D eigenvalue weighted by atomic mass is 35.5. The number of nitrogens with one attached hydrogen (secondary N) is 1. The number of halogens is 1. The van der Waals surface area contributed by atoms with E-state index in [1.54, 1.807) is 0 Å². The molecule has 0 saturated carbocycles. The molecule has 0 aromatic heterocycles. The van der Waals surface area contributed by atoms with Crippen LogP contribution in [0.1, 0.15) is 30.5 Å². The number of hydrogen-bond donors (Lipinski definition) is 2. The molecule has 0 aliphatic rings. The van der Waals surface area contributed by atoms with Crippen LogP contribution in [-0.4, -0.2) is 11.9 Å². The second-order valence-corrected chi connectivity index (χ2v) is 6.83. The molecule has 0 atom stereocenters. The molecule has 0 aliphatic heterocycles. The van der Waals surface area contributed by atoms with Crippen LogP contribution in [0, 0.1) is 5.41 Å². The Labute approximate surface area is 158 Å². The first-order valence-electron chi connectivity index (χ1n) is 8.45. The van der Waals surface area contributed by atoms with Gasteiger partial charge in [-0.2, -0.15) is 0 Å². The zero-order valence-corrected chi connectivity index (χ0v) is 15.5. The lowest BCUT2D eigenvalue weighted by molar-refractivity contribution is 0.242. The molecular weight excluding hydrogens is 344 g/mol. The van der Waals surface area contributed by atoms with E-state index in [0.29, 0.717) is 5.03 Å². The van der Waals surface area contributed by atoms with E-state index < -0.39 is 0 Å². The molecule has 0 saturated heterocycles. The lowest BCUT2D eigenvalue weighted by Gasteiger charge is -2.10. The molecule has 0 heterocycles. The Hall–Kier alpha value is -2.78. The molecule has 0 aliphatic carbocycles. The van der Waals surface area contributed by atoms with Gasteiger partial charge in [-0.1, -0.05) is 48.0 Å². The van der Waals surface area contributed by atoms with E-state index in [9.17, 15) is 0 Å². The molecule has 0 fully saturated rings. The molecule has 0 bridgehead atoms. The summed E-state index contributed by atoms with van der Waals surface area (Å²) in [5.41, 5.74) is 8.20. The Kier molecular flexibility index (Phi) is 5.29. The van der Waals surface area contributed by atoms with Gasteiger partial charge in [-0.25, -0.2) is 0 Å². The van der Waals surface area contributed by atoms with Crippen molar-refractivity contribution in [3.05, 3.63) is 77.4 Å². The number of nitrogens with two attached hydrogens (primary N) is 1. The van der Waals surface area contributed by atoms with Crippen molar-refractivity contribution in [1.29, 1.82) is 5.41 Å². The molecule has 26 heavy (non-hydrogen) atoms. The molecule has 0 spiro atoms. The van der Waals surface area contributed by atoms with Crippen molar-refractivity contribution in [3.63, 3.8) is 0 Å². The Balaban J connectivity index is 1.91. The minimum Gasteiger partial charge on any atom is -0.491 e. The average Bonchev–Trinajstić information content (AvgIpc) is 2.60. The summed E-state index contributed by atoms with van der Waals surface area (Å²) in [6, 6.07) is 19.6. The molecule has 132 valence electrons. The summed E-state index contributed by atoms with van der Waals surface area (Å²) in [6.07, 6.45) is 2.06. The van der Waals surface area contributed by atoms with Crippen LogP contribution in [-0.2, 0) is 0 Å². The smallest absolute Gasteiger partial charge is 0.122 e. The van der Waals surface area contributed by atoms with Gasteiger partial charge < -0.3 is 10.5 Å². The maximum atomic E-state index is 7.54. The van der Waals surface area contributed by atoms with Crippen LogP contribution in [0.4, 0.5) is 0 Å². The van der Waals surface area contributed by atoms with Gasteiger partial charge in [0.1, 0.15) is 11.6 Å². The van der Waals surface area contributed by atoms with Crippen LogP contribution in [0.2, 0.25) is 0 Å². The van der Waals surface area contributed by atoms with E-state index in [0.717, 1.165) is 33.2 Å². The summed E-state index contributed by atoms with van der Waals surface area (Å²) in [5.74, 6) is 0.877. The van der Waals surface area contributed by atoms with E-state index in [4.69, 9.17) is 27.5 Å². The quantitative estimate of drug-likeness (QED) is 0.349. The first-order chi connectivity index (χ1) is 12.4. The summed E-state index contributed by atoms with van der Waals surface area (Å²) < 4.78 is 5.73. The molecule has 4 heteroatoms. The highest BCUT2D eigenvalue weighted by Crippen LogP contribution is 2.27. The van der Waals surface area contributed by atoms with Gasteiger partial charge in [0.05, 0.1) is 6.10 Å². The molecule has 3 nitrogen and oxygen atoms in total. The zero-order valence-electron chi connectivity index (χ0n) is 14.8. The SMILES string of the molecule is CC(C)Oc1cccc(C(Cl)=Cc2ccc3cc(C(=N)N)ccc3c2)c1. The molecule has 3 N–H and O–H groups in total. The summed E-state index contributed by atoms with van der Waals surface area (Å²) in [7, 11) is 0. The maximum Gasteiger partial charge on any atom is 0.122 e. The molecule has 0 unspecified atom stereocenters. The largest absolute Gasteiger partial charge is 0.491 e. The van der Waals surface area contributed by atoms with Gasteiger partial charge in [-0.05, 0) is 66.1 Å². The number of rotatable bonds is 5. The van der Waals surface area contributed by atoms with Crippen molar-refractivity contribution < 1.29 is 4.74 Å². The van der Waals surface area contributed by atoms with E-state index >= 15 is 0 Å². The Morgan fingerprint density at radius 2 is 1.73 bits per heavy atom. The average molecular weight is 365 g/mol. The van der Waals surface area contributed by atoms with Crippen LogP contribution < -0.4 is 10.5 Å². The third-order valence-corrected chi connectivity index (χ3v) is 4.28. The monoisotopic (exact) mass is 364 g/mol. The Bertz CT molecular complexity index is 992. The fourth-order valence-electron chi connectivity index (χ4n) is 2.74. The van der Waals surface area contributed by atoms with Gasteiger partial charge in [0, 0.05) is 10.6 Å². The standard InChI is InChI=1S/C22H21ClN2O/c1-14(2)26-20-5-3-4-18(13-20)21(23)11-15-6-7-17-12-19(22(24)25)9-8-16(17)10-15/h3-14H,1-2H3,(H3,24,25). The van der Waals surface area contributed by atoms with E-state index in [2.05, 4.69) is 6.07 Å². The van der Waals surface area contributed by atoms with Crippen molar-refractivity contribution >= 4 is 39.3 Å². The highest BCUT2D eigenvalue weighted by Gasteiger charge is 2.04. The van der Waals surface area contributed by atoms with Crippen molar-refractivity contribution in [2.75, 3.05) is 0 Å². The van der Waals surface area contributed by atoms with Crippen LogP contribution in [0.3, 0.4) is 0 Å². The summed E-state index contributed by atoms with van der Waals surface area (Å²) in [5, 5.41) is 10.3. The van der Waals surface area contributed by atoms with Gasteiger partial charge in [0.2, 0.25) is 0 Å². The van der Waals surface area contributed by atoms with E-state index in [1.807, 2.05) is 74.5 Å². The van der Waals surface area contributed by atoms with Crippen LogP contribution in [0.15, 0.2) is 60.7 Å². The van der Waals surface area contributed by atoms with Gasteiger partial charge in [-0.3, -0.25) is 5.41 Å². The number of benzene rings is 3. The second-order valence-electron chi connectivity index (χ2n) is 6.42. The van der Waals surface area contributed by atoms with Gasteiger partial charge in [0.25, 0.3) is 0 Å².